The van der Waals surface area contributed by atoms with Crippen molar-refractivity contribution in [2.75, 3.05) is 4.57 Å². The van der Waals surface area contributed by atoms with Gasteiger partial charge in [-0.1, -0.05) is 74.8 Å². The summed E-state index contributed by atoms with van der Waals surface area (Å²) in [7, 11) is -1.54. The van der Waals surface area contributed by atoms with Crippen LogP contribution in [-0.4, -0.2) is 8.24 Å². The van der Waals surface area contributed by atoms with Crippen molar-refractivity contribution in [1.82, 2.24) is 0 Å². The van der Waals surface area contributed by atoms with Gasteiger partial charge in [-0.05, 0) is 17.7 Å². The summed E-state index contributed by atoms with van der Waals surface area (Å²) in [4.78, 5) is 0. The first-order valence-electron chi connectivity index (χ1n) is 6.60. The van der Waals surface area contributed by atoms with Crippen molar-refractivity contribution in [3.8, 4) is 0 Å². The van der Waals surface area contributed by atoms with Crippen LogP contribution in [0.3, 0.4) is 0 Å². The first-order valence-corrected chi connectivity index (χ1v) is 10.0. The molecule has 0 N–H and O–H groups in total. The summed E-state index contributed by atoms with van der Waals surface area (Å²) in [5.41, 5.74) is 3.51. The number of benzene rings is 2. The Morgan fingerprint density at radius 1 is 0.842 bits per heavy atom. The van der Waals surface area contributed by atoms with Crippen molar-refractivity contribution in [3.05, 3.63) is 72.8 Å². The predicted molar refractivity (Wildman–Crippen MR) is 87.7 cm³/mol. The molecule has 19 heavy (non-hydrogen) atoms. The number of para-hydroxylation sites is 1. The fraction of sp³-hybridized carbons (Fsp3) is 0.176. The molecule has 98 valence electrons. The normalized spacial score (nSPS) is 11.1. The molecule has 0 fully saturated rings. The second kappa shape index (κ2) is 5.45. The van der Waals surface area contributed by atoms with Gasteiger partial charge in [-0.25, -0.2) is 0 Å². The fourth-order valence-electron chi connectivity index (χ4n) is 2.28. The molecule has 0 unspecified atom stereocenters. The summed E-state index contributed by atoms with van der Waals surface area (Å²) < 4.78 is 2.42. The lowest BCUT2D eigenvalue weighted by molar-refractivity contribution is 1.33. The molecule has 0 saturated carbocycles. The molecule has 2 aromatic rings. The zero-order valence-electron chi connectivity index (χ0n) is 11.9. The van der Waals surface area contributed by atoms with E-state index in [1.165, 1.54) is 11.3 Å². The molecule has 0 aliphatic carbocycles. The highest BCUT2D eigenvalue weighted by molar-refractivity contribution is 6.81. The van der Waals surface area contributed by atoms with Crippen LogP contribution in [-0.2, 0) is 0 Å². The van der Waals surface area contributed by atoms with Crippen molar-refractivity contribution < 1.29 is 0 Å². The van der Waals surface area contributed by atoms with Gasteiger partial charge in [-0.2, -0.15) is 0 Å². The Labute approximate surface area is 117 Å². The Balaban J connectivity index is 2.43. The molecule has 0 atom stereocenters. The minimum atomic E-state index is -1.54. The van der Waals surface area contributed by atoms with Crippen molar-refractivity contribution in [3.63, 3.8) is 0 Å². The minimum Gasteiger partial charge on any atom is -0.369 e. The van der Waals surface area contributed by atoms with Crippen LogP contribution in [0.1, 0.15) is 5.56 Å². The van der Waals surface area contributed by atoms with E-state index in [0.717, 1.165) is 5.70 Å². The maximum atomic E-state index is 4.33. The molecule has 0 aromatic heterocycles. The first-order chi connectivity index (χ1) is 9.00. The molecule has 0 aliphatic heterocycles. The Morgan fingerprint density at radius 2 is 1.32 bits per heavy atom. The van der Waals surface area contributed by atoms with Crippen molar-refractivity contribution in [1.29, 1.82) is 0 Å². The molecule has 2 aromatic carbocycles. The SMILES string of the molecule is C=C(c1ccccc1)N(c1ccccc1)[Si](C)(C)C. The van der Waals surface area contributed by atoms with Gasteiger partial charge in [-0.3, -0.25) is 0 Å². The highest BCUT2D eigenvalue weighted by Crippen LogP contribution is 2.30. The third kappa shape index (κ3) is 3.15. The van der Waals surface area contributed by atoms with Gasteiger partial charge < -0.3 is 4.57 Å². The maximum Gasteiger partial charge on any atom is 0.153 e. The number of anilines is 1. The summed E-state index contributed by atoms with van der Waals surface area (Å²) in [5, 5.41) is 0. The third-order valence-electron chi connectivity index (χ3n) is 3.06. The van der Waals surface area contributed by atoms with Gasteiger partial charge >= 0.3 is 0 Å². The number of rotatable bonds is 4. The van der Waals surface area contributed by atoms with E-state index in [4.69, 9.17) is 0 Å². The van der Waals surface area contributed by atoms with Crippen molar-refractivity contribution in [2.24, 2.45) is 0 Å². The smallest absolute Gasteiger partial charge is 0.153 e. The van der Waals surface area contributed by atoms with E-state index >= 15 is 0 Å². The van der Waals surface area contributed by atoms with Crippen LogP contribution >= 0.6 is 0 Å². The maximum absolute atomic E-state index is 4.33. The molecular formula is C17H21NSi. The van der Waals surface area contributed by atoms with Crippen LogP contribution in [0.25, 0.3) is 5.70 Å². The van der Waals surface area contributed by atoms with Crippen molar-refractivity contribution >= 4 is 19.6 Å². The molecule has 0 saturated heterocycles. The second-order valence-corrected chi connectivity index (χ2v) is 10.4. The quantitative estimate of drug-likeness (QED) is 0.705. The van der Waals surface area contributed by atoms with E-state index in [0.29, 0.717) is 0 Å². The van der Waals surface area contributed by atoms with Gasteiger partial charge in [-0.15, -0.1) is 0 Å². The molecule has 0 amide bonds. The Hall–Kier alpha value is -1.80. The molecule has 2 heteroatoms. The molecule has 0 aliphatic rings. The second-order valence-electron chi connectivity index (χ2n) is 5.65. The minimum absolute atomic E-state index is 1.09. The largest absolute Gasteiger partial charge is 0.369 e. The van der Waals surface area contributed by atoms with Gasteiger partial charge in [0.1, 0.15) is 0 Å². The Kier molecular flexibility index (Phi) is 3.91. The van der Waals surface area contributed by atoms with Crippen LogP contribution < -0.4 is 4.57 Å². The summed E-state index contributed by atoms with van der Waals surface area (Å²) in [6.45, 7) is 11.4. The molecule has 0 spiro atoms. The lowest BCUT2D eigenvalue weighted by Gasteiger charge is -2.38. The van der Waals surface area contributed by atoms with E-state index in [-0.39, 0.29) is 0 Å². The number of hydrogen-bond donors (Lipinski definition) is 0. The standard InChI is InChI=1S/C17H21NSi/c1-15(16-11-7-5-8-12-16)18(19(2,3)4)17-13-9-6-10-14-17/h5-14H,1H2,2-4H3. The lowest BCUT2D eigenvalue weighted by atomic mass is 10.1. The molecule has 0 radical (unpaired) electrons. The van der Waals surface area contributed by atoms with Gasteiger partial charge in [0.05, 0.1) is 0 Å². The molecular weight excluding hydrogens is 246 g/mol. The van der Waals surface area contributed by atoms with Crippen LogP contribution in [0.15, 0.2) is 67.2 Å². The van der Waals surface area contributed by atoms with Gasteiger partial charge in [0.25, 0.3) is 0 Å². The zero-order chi connectivity index (χ0) is 13.9. The van der Waals surface area contributed by atoms with E-state index in [2.05, 4.69) is 85.4 Å². The Morgan fingerprint density at radius 3 is 1.79 bits per heavy atom. The van der Waals surface area contributed by atoms with E-state index in [1.807, 2.05) is 6.07 Å². The van der Waals surface area contributed by atoms with Crippen molar-refractivity contribution in [2.45, 2.75) is 19.6 Å². The summed E-state index contributed by atoms with van der Waals surface area (Å²) in [5.74, 6) is 0. The van der Waals surface area contributed by atoms with E-state index in [9.17, 15) is 0 Å². The van der Waals surface area contributed by atoms with Crippen LogP contribution in [0, 0.1) is 0 Å². The van der Waals surface area contributed by atoms with Crippen LogP contribution in [0.5, 0.6) is 0 Å². The van der Waals surface area contributed by atoms with Gasteiger partial charge in [0.15, 0.2) is 8.24 Å². The Bertz CT molecular complexity index is 540. The van der Waals surface area contributed by atoms with Crippen LogP contribution in [0.2, 0.25) is 19.6 Å². The van der Waals surface area contributed by atoms with E-state index in [1.54, 1.807) is 0 Å². The summed E-state index contributed by atoms with van der Waals surface area (Å²) in [6, 6.07) is 21.0. The fourth-order valence-corrected chi connectivity index (χ4v) is 4.15. The van der Waals surface area contributed by atoms with E-state index < -0.39 is 8.24 Å². The average Bonchev–Trinajstić information content (AvgIpc) is 2.39. The summed E-state index contributed by atoms with van der Waals surface area (Å²) >= 11 is 0. The highest BCUT2D eigenvalue weighted by Gasteiger charge is 2.27. The van der Waals surface area contributed by atoms with Gasteiger partial charge in [0, 0.05) is 11.4 Å². The average molecular weight is 267 g/mol. The summed E-state index contributed by atoms with van der Waals surface area (Å²) in [6.07, 6.45) is 0. The first kappa shape index (κ1) is 13.6. The monoisotopic (exact) mass is 267 g/mol. The molecule has 2 rings (SSSR count). The molecule has 1 nitrogen and oxygen atoms in total. The predicted octanol–water partition coefficient (Wildman–Crippen LogP) is 5.00. The van der Waals surface area contributed by atoms with Gasteiger partial charge in [0.2, 0.25) is 0 Å². The van der Waals surface area contributed by atoms with Crippen LogP contribution in [0.4, 0.5) is 5.69 Å². The highest BCUT2D eigenvalue weighted by atomic mass is 28.3. The number of nitrogens with zero attached hydrogens (tertiary/aromatic N) is 1. The third-order valence-corrected chi connectivity index (χ3v) is 4.93. The topological polar surface area (TPSA) is 3.24 Å². The molecule has 0 heterocycles. The zero-order valence-corrected chi connectivity index (χ0v) is 12.9. The lowest BCUT2D eigenvalue weighted by Crippen LogP contribution is -2.44. The number of hydrogen-bond acceptors (Lipinski definition) is 1. The molecule has 0 bridgehead atoms.